The number of pyridine rings is 1. The molecule has 3 rings (SSSR count). The van der Waals surface area contributed by atoms with Gasteiger partial charge in [-0.15, -0.1) is 11.3 Å². The second-order valence-corrected chi connectivity index (χ2v) is 5.80. The van der Waals surface area contributed by atoms with E-state index in [9.17, 15) is 0 Å². The van der Waals surface area contributed by atoms with Crippen LogP contribution in [0.1, 0.15) is 40.5 Å². The predicted octanol–water partition coefficient (Wildman–Crippen LogP) is 2.90. The first kappa shape index (κ1) is 10.7. The van der Waals surface area contributed by atoms with Crippen LogP contribution in [-0.4, -0.2) is 9.97 Å². The maximum atomic E-state index is 5.82. The van der Waals surface area contributed by atoms with Crippen LogP contribution in [0.15, 0.2) is 18.5 Å². The summed E-state index contributed by atoms with van der Waals surface area (Å²) in [6.45, 7) is 2.07. The fourth-order valence-electron chi connectivity index (χ4n) is 2.08. The minimum absolute atomic E-state index is 0.663. The molecule has 17 heavy (non-hydrogen) atoms. The first-order chi connectivity index (χ1) is 8.22. The quantitative estimate of drug-likeness (QED) is 0.904. The average Bonchev–Trinajstić information content (AvgIpc) is 3.04. The Hall–Kier alpha value is -1.42. The molecule has 0 unspecified atom stereocenters. The van der Waals surface area contributed by atoms with Gasteiger partial charge in [-0.2, -0.15) is 0 Å². The van der Waals surface area contributed by atoms with Crippen LogP contribution in [0.4, 0.5) is 5.13 Å². The molecule has 3 nitrogen and oxygen atoms in total. The first-order valence-corrected chi connectivity index (χ1v) is 6.69. The fourth-order valence-corrected chi connectivity index (χ4v) is 3.04. The number of thiazole rings is 1. The van der Waals surface area contributed by atoms with E-state index in [1.165, 1.54) is 34.5 Å². The number of hydrogen-bond acceptors (Lipinski definition) is 4. The molecule has 1 aliphatic rings. The third kappa shape index (κ3) is 2.31. The van der Waals surface area contributed by atoms with E-state index in [2.05, 4.69) is 23.0 Å². The summed E-state index contributed by atoms with van der Waals surface area (Å²) in [5, 5.41) is 0.697. The topological polar surface area (TPSA) is 51.8 Å². The van der Waals surface area contributed by atoms with Crippen molar-refractivity contribution in [2.45, 2.75) is 32.1 Å². The van der Waals surface area contributed by atoms with E-state index in [0.29, 0.717) is 11.0 Å². The van der Waals surface area contributed by atoms with Gasteiger partial charge in [0.2, 0.25) is 0 Å². The molecule has 88 valence electrons. The fraction of sp³-hybridized carbons (Fsp3) is 0.385. The predicted molar refractivity (Wildman–Crippen MR) is 70.3 cm³/mol. The summed E-state index contributed by atoms with van der Waals surface area (Å²) in [7, 11) is 0. The summed E-state index contributed by atoms with van der Waals surface area (Å²) < 4.78 is 0. The lowest BCUT2D eigenvalue weighted by Crippen LogP contribution is -1.92. The minimum Gasteiger partial charge on any atom is -0.375 e. The van der Waals surface area contributed by atoms with E-state index in [4.69, 9.17) is 5.73 Å². The molecule has 2 N–H and O–H groups in total. The highest BCUT2D eigenvalue weighted by molar-refractivity contribution is 7.15. The van der Waals surface area contributed by atoms with Gasteiger partial charge < -0.3 is 5.73 Å². The molecule has 2 aromatic rings. The van der Waals surface area contributed by atoms with Crippen molar-refractivity contribution < 1.29 is 0 Å². The molecular weight excluding hydrogens is 230 g/mol. The minimum atomic E-state index is 0.663. The molecule has 1 saturated carbocycles. The summed E-state index contributed by atoms with van der Waals surface area (Å²) in [4.78, 5) is 10.0. The molecule has 0 spiro atoms. The molecule has 0 aromatic carbocycles. The number of rotatable bonds is 3. The van der Waals surface area contributed by atoms with Gasteiger partial charge in [0.15, 0.2) is 5.13 Å². The third-order valence-corrected chi connectivity index (χ3v) is 3.90. The Morgan fingerprint density at radius 2 is 2.24 bits per heavy atom. The SMILES string of the molecule is Cc1cncc(Cc2sc(N)nc2C2CC2)c1. The van der Waals surface area contributed by atoms with E-state index < -0.39 is 0 Å². The van der Waals surface area contributed by atoms with Crippen LogP contribution in [0.3, 0.4) is 0 Å². The maximum absolute atomic E-state index is 5.82. The van der Waals surface area contributed by atoms with Crippen molar-refractivity contribution in [1.82, 2.24) is 9.97 Å². The molecule has 0 bridgehead atoms. The Morgan fingerprint density at radius 3 is 2.94 bits per heavy atom. The normalized spacial score (nSPS) is 15.1. The van der Waals surface area contributed by atoms with Crippen molar-refractivity contribution in [3.63, 3.8) is 0 Å². The van der Waals surface area contributed by atoms with Crippen molar-refractivity contribution in [3.05, 3.63) is 40.2 Å². The van der Waals surface area contributed by atoms with Crippen LogP contribution in [0, 0.1) is 6.92 Å². The lowest BCUT2D eigenvalue weighted by molar-refractivity contribution is 1.01. The highest BCUT2D eigenvalue weighted by atomic mass is 32.1. The number of aromatic nitrogens is 2. The van der Waals surface area contributed by atoms with E-state index >= 15 is 0 Å². The van der Waals surface area contributed by atoms with Crippen LogP contribution in [0.5, 0.6) is 0 Å². The van der Waals surface area contributed by atoms with E-state index in [1.807, 2.05) is 12.4 Å². The van der Waals surface area contributed by atoms with E-state index in [1.54, 1.807) is 11.3 Å². The largest absolute Gasteiger partial charge is 0.375 e. The Kier molecular flexibility index (Phi) is 2.59. The lowest BCUT2D eigenvalue weighted by Gasteiger charge is -2.02. The standard InChI is InChI=1S/C13H15N3S/c1-8-4-9(7-15-6-8)5-11-12(10-2-3-10)16-13(14)17-11/h4,6-7,10H,2-3,5H2,1H3,(H2,14,16). The van der Waals surface area contributed by atoms with Gasteiger partial charge in [0.25, 0.3) is 0 Å². The van der Waals surface area contributed by atoms with E-state index in [0.717, 1.165) is 6.42 Å². The molecule has 0 radical (unpaired) electrons. The van der Waals surface area contributed by atoms with Crippen LogP contribution in [0.2, 0.25) is 0 Å². The second-order valence-electron chi connectivity index (χ2n) is 4.68. The number of anilines is 1. The monoisotopic (exact) mass is 245 g/mol. The highest BCUT2D eigenvalue weighted by Gasteiger charge is 2.29. The Morgan fingerprint density at radius 1 is 1.41 bits per heavy atom. The van der Waals surface area contributed by atoms with Gasteiger partial charge in [0, 0.05) is 29.6 Å². The second kappa shape index (κ2) is 4.11. The number of nitrogens with zero attached hydrogens (tertiary/aromatic N) is 2. The van der Waals surface area contributed by atoms with Gasteiger partial charge >= 0.3 is 0 Å². The van der Waals surface area contributed by atoms with Gasteiger partial charge in [-0.1, -0.05) is 6.07 Å². The van der Waals surface area contributed by atoms with Crippen LogP contribution >= 0.6 is 11.3 Å². The summed E-state index contributed by atoms with van der Waals surface area (Å²) in [5.41, 5.74) is 9.50. The first-order valence-electron chi connectivity index (χ1n) is 5.88. The summed E-state index contributed by atoms with van der Waals surface area (Å²) >= 11 is 1.62. The van der Waals surface area contributed by atoms with Crippen molar-refractivity contribution in [1.29, 1.82) is 0 Å². The molecule has 0 atom stereocenters. The lowest BCUT2D eigenvalue weighted by atomic mass is 10.1. The molecule has 0 aliphatic heterocycles. The summed E-state index contributed by atoms with van der Waals surface area (Å²) in [6, 6.07) is 2.18. The molecule has 2 aromatic heterocycles. The van der Waals surface area contributed by atoms with Crippen LogP contribution in [-0.2, 0) is 6.42 Å². The van der Waals surface area contributed by atoms with Crippen molar-refractivity contribution in [3.8, 4) is 0 Å². The maximum Gasteiger partial charge on any atom is 0.180 e. The van der Waals surface area contributed by atoms with E-state index in [-0.39, 0.29) is 0 Å². The smallest absolute Gasteiger partial charge is 0.180 e. The van der Waals surface area contributed by atoms with Crippen molar-refractivity contribution >= 4 is 16.5 Å². The Bertz CT molecular complexity index is 543. The molecule has 4 heteroatoms. The third-order valence-electron chi connectivity index (χ3n) is 3.00. The average molecular weight is 245 g/mol. The van der Waals surface area contributed by atoms with Gasteiger partial charge in [0.1, 0.15) is 0 Å². The summed E-state index contributed by atoms with van der Waals surface area (Å²) in [6.07, 6.45) is 7.26. The number of nitrogen functional groups attached to an aromatic ring is 1. The zero-order valence-corrected chi connectivity index (χ0v) is 10.6. The number of nitrogens with two attached hydrogens (primary N) is 1. The van der Waals surface area contributed by atoms with Crippen LogP contribution < -0.4 is 5.73 Å². The Labute approximate surface area is 105 Å². The van der Waals surface area contributed by atoms with Gasteiger partial charge in [-0.05, 0) is 30.9 Å². The molecule has 1 fully saturated rings. The van der Waals surface area contributed by atoms with Gasteiger partial charge in [0.05, 0.1) is 5.69 Å². The van der Waals surface area contributed by atoms with Gasteiger partial charge in [-0.25, -0.2) is 4.98 Å². The van der Waals surface area contributed by atoms with Gasteiger partial charge in [-0.3, -0.25) is 4.98 Å². The van der Waals surface area contributed by atoms with Crippen LogP contribution in [0.25, 0.3) is 0 Å². The van der Waals surface area contributed by atoms with Crippen molar-refractivity contribution in [2.75, 3.05) is 5.73 Å². The highest BCUT2D eigenvalue weighted by Crippen LogP contribution is 2.43. The number of hydrogen-bond donors (Lipinski definition) is 1. The molecular formula is C13H15N3S. The number of aryl methyl sites for hydroxylation is 1. The molecule has 2 heterocycles. The molecule has 0 amide bonds. The zero-order chi connectivity index (χ0) is 11.8. The summed E-state index contributed by atoms with van der Waals surface area (Å²) in [5.74, 6) is 0.663. The molecule has 1 aliphatic carbocycles. The zero-order valence-electron chi connectivity index (χ0n) is 9.81. The molecule has 0 saturated heterocycles. The Balaban J connectivity index is 1.89. The van der Waals surface area contributed by atoms with Crippen molar-refractivity contribution in [2.24, 2.45) is 0 Å².